The number of aromatic nitrogens is 1. The van der Waals surface area contributed by atoms with Crippen molar-refractivity contribution < 1.29 is 14.3 Å². The van der Waals surface area contributed by atoms with E-state index in [1.807, 2.05) is 17.0 Å². The van der Waals surface area contributed by atoms with Crippen molar-refractivity contribution >= 4 is 44.3 Å². The van der Waals surface area contributed by atoms with E-state index in [1.54, 1.807) is 24.3 Å². The highest BCUT2D eigenvalue weighted by Crippen LogP contribution is 2.32. The highest BCUT2D eigenvalue weighted by molar-refractivity contribution is 9.10. The van der Waals surface area contributed by atoms with Gasteiger partial charge in [0.2, 0.25) is 0 Å². The Morgan fingerprint density at radius 2 is 2.07 bits per heavy atom. The molecule has 1 unspecified atom stereocenters. The number of nitrogens with zero attached hydrogens (tertiary/aromatic N) is 1. The number of hydrogen-bond donors (Lipinski definition) is 2. The number of halogens is 1. The zero-order valence-electron chi connectivity index (χ0n) is 16.4. The second-order valence-electron chi connectivity index (χ2n) is 7.79. The number of hydrogen-bond acceptors (Lipinski definition) is 3. The van der Waals surface area contributed by atoms with Crippen LogP contribution in [0.4, 0.5) is 5.69 Å². The van der Waals surface area contributed by atoms with Crippen LogP contribution in [0.15, 0.2) is 46.9 Å². The third kappa shape index (κ3) is 3.52. The van der Waals surface area contributed by atoms with Gasteiger partial charge in [0.1, 0.15) is 6.10 Å². The Hall–Kier alpha value is -2.64. The van der Waals surface area contributed by atoms with Gasteiger partial charge < -0.3 is 19.9 Å². The summed E-state index contributed by atoms with van der Waals surface area (Å²) in [5.74, 6) is -0.178. The Kier molecular flexibility index (Phi) is 5.08. The predicted octanol–water partition coefficient (Wildman–Crippen LogP) is 4.25. The van der Waals surface area contributed by atoms with E-state index >= 15 is 0 Å². The summed E-state index contributed by atoms with van der Waals surface area (Å²) >= 11 is 3.60. The van der Waals surface area contributed by atoms with Gasteiger partial charge in [-0.05, 0) is 53.0 Å². The normalized spacial score (nSPS) is 18.4. The number of benzene rings is 2. The lowest BCUT2D eigenvalue weighted by Crippen LogP contribution is -2.35. The van der Waals surface area contributed by atoms with E-state index in [-0.39, 0.29) is 11.8 Å². The number of ether oxygens (including phenoxy) is 1. The monoisotopic (exact) mass is 467 g/mol. The molecule has 2 aliphatic heterocycles. The molecule has 3 heterocycles. The summed E-state index contributed by atoms with van der Waals surface area (Å²) in [4.78, 5) is 30.9. The van der Waals surface area contributed by atoms with Gasteiger partial charge in [-0.25, -0.2) is 0 Å². The molecule has 1 atom stereocenters. The van der Waals surface area contributed by atoms with Crippen molar-refractivity contribution in [2.75, 3.05) is 18.5 Å². The van der Waals surface area contributed by atoms with E-state index in [4.69, 9.17) is 4.74 Å². The number of rotatable bonds is 3. The summed E-state index contributed by atoms with van der Waals surface area (Å²) < 4.78 is 6.47. The number of aromatic amines is 1. The fourth-order valence-electron chi connectivity index (χ4n) is 4.30. The summed E-state index contributed by atoms with van der Waals surface area (Å²) in [6.45, 7) is 1.85. The maximum Gasteiger partial charge on any atom is 0.254 e. The van der Waals surface area contributed by atoms with Gasteiger partial charge in [0.05, 0.1) is 5.52 Å². The van der Waals surface area contributed by atoms with Gasteiger partial charge in [-0.2, -0.15) is 0 Å². The fraction of sp³-hybridized carbons (Fsp3) is 0.304. The topological polar surface area (TPSA) is 74.4 Å². The summed E-state index contributed by atoms with van der Waals surface area (Å²) in [7, 11) is 0. The van der Waals surface area contributed by atoms with Crippen LogP contribution in [0.25, 0.3) is 10.9 Å². The van der Waals surface area contributed by atoms with Crippen LogP contribution >= 0.6 is 15.9 Å². The van der Waals surface area contributed by atoms with Gasteiger partial charge >= 0.3 is 0 Å². The Morgan fingerprint density at radius 3 is 2.90 bits per heavy atom. The number of fused-ring (bicyclic) bond motifs is 3. The van der Waals surface area contributed by atoms with E-state index in [0.717, 1.165) is 34.6 Å². The zero-order valence-corrected chi connectivity index (χ0v) is 18.0. The van der Waals surface area contributed by atoms with Gasteiger partial charge in [0, 0.05) is 58.5 Å². The molecule has 30 heavy (non-hydrogen) atoms. The number of para-hydroxylation sites is 1. The van der Waals surface area contributed by atoms with Gasteiger partial charge in [-0.3, -0.25) is 9.59 Å². The fourth-order valence-corrected chi connectivity index (χ4v) is 4.76. The Labute approximate surface area is 182 Å². The molecule has 0 bridgehead atoms. The summed E-state index contributed by atoms with van der Waals surface area (Å²) in [5, 5.41) is 4.03. The van der Waals surface area contributed by atoms with Crippen LogP contribution in [0, 0.1) is 0 Å². The second-order valence-corrected chi connectivity index (χ2v) is 8.65. The molecule has 2 amide bonds. The van der Waals surface area contributed by atoms with Gasteiger partial charge in [0.25, 0.3) is 11.8 Å². The Bertz CT molecular complexity index is 1130. The van der Waals surface area contributed by atoms with Crippen LogP contribution in [-0.4, -0.2) is 41.0 Å². The molecule has 1 saturated heterocycles. The third-order valence-corrected chi connectivity index (χ3v) is 6.51. The molecular weight excluding hydrogens is 446 g/mol. The number of nitrogens with one attached hydrogen (secondary N) is 2. The van der Waals surface area contributed by atoms with Crippen molar-refractivity contribution in [3.05, 3.63) is 63.8 Å². The molecule has 2 aromatic carbocycles. The van der Waals surface area contributed by atoms with Crippen LogP contribution in [0.2, 0.25) is 0 Å². The average molecular weight is 468 g/mol. The minimum atomic E-state index is -0.397. The summed E-state index contributed by atoms with van der Waals surface area (Å²) in [6.07, 6.45) is 2.03. The number of carbonyl (C=O) groups is 2. The third-order valence-electron chi connectivity index (χ3n) is 5.85. The van der Waals surface area contributed by atoms with Gasteiger partial charge in [-0.15, -0.1) is 0 Å². The molecule has 5 rings (SSSR count). The molecule has 1 aromatic heterocycles. The Morgan fingerprint density at radius 1 is 1.20 bits per heavy atom. The minimum absolute atomic E-state index is 0.0294. The average Bonchev–Trinajstić information content (AvgIpc) is 3.42. The molecule has 0 radical (unpaired) electrons. The highest BCUT2D eigenvalue weighted by Gasteiger charge is 2.26. The summed E-state index contributed by atoms with van der Waals surface area (Å²) in [6, 6.07) is 13.3. The lowest BCUT2D eigenvalue weighted by molar-refractivity contribution is -0.124. The molecule has 0 spiro atoms. The maximum absolute atomic E-state index is 13.2. The van der Waals surface area contributed by atoms with Crippen molar-refractivity contribution in [2.24, 2.45) is 0 Å². The first-order valence-corrected chi connectivity index (χ1v) is 11.0. The highest BCUT2D eigenvalue weighted by atomic mass is 79.9. The zero-order chi connectivity index (χ0) is 20.7. The second kappa shape index (κ2) is 7.89. The molecule has 0 aliphatic carbocycles. The van der Waals surface area contributed by atoms with Crippen LogP contribution in [0.1, 0.15) is 34.5 Å². The lowest BCUT2D eigenvalue weighted by atomic mass is 10.0. The van der Waals surface area contributed by atoms with Crippen LogP contribution in [-0.2, 0) is 22.5 Å². The standard InChI is InChI=1S/C23H22BrN3O3/c24-18-7-2-6-16-17-13-27(10-9-19(17)26-21(16)18)23(29)14-4-1-5-15(12-14)25-22(28)20-8-3-11-30-20/h1-2,4-7,12,20,26H,3,8-11,13H2,(H,25,28). The number of H-pyrrole nitrogens is 1. The smallest absolute Gasteiger partial charge is 0.254 e. The van der Waals surface area contributed by atoms with Crippen LogP contribution < -0.4 is 5.32 Å². The summed E-state index contributed by atoms with van der Waals surface area (Å²) in [5.41, 5.74) is 4.64. The number of carbonyl (C=O) groups excluding carboxylic acids is 2. The largest absolute Gasteiger partial charge is 0.368 e. The lowest BCUT2D eigenvalue weighted by Gasteiger charge is -2.27. The first kappa shape index (κ1) is 19.3. The number of amides is 2. The molecule has 3 aromatic rings. The molecule has 0 saturated carbocycles. The molecule has 154 valence electrons. The van der Waals surface area contributed by atoms with E-state index in [0.29, 0.717) is 30.9 Å². The van der Waals surface area contributed by atoms with Crippen LogP contribution in [0.5, 0.6) is 0 Å². The van der Waals surface area contributed by atoms with E-state index in [1.165, 1.54) is 11.3 Å². The van der Waals surface area contributed by atoms with Crippen molar-refractivity contribution in [3.63, 3.8) is 0 Å². The molecule has 6 nitrogen and oxygen atoms in total. The van der Waals surface area contributed by atoms with E-state index < -0.39 is 6.10 Å². The van der Waals surface area contributed by atoms with Crippen LogP contribution in [0.3, 0.4) is 0 Å². The maximum atomic E-state index is 13.2. The van der Waals surface area contributed by atoms with E-state index in [2.05, 4.69) is 32.3 Å². The quantitative estimate of drug-likeness (QED) is 0.604. The van der Waals surface area contributed by atoms with E-state index in [9.17, 15) is 9.59 Å². The van der Waals surface area contributed by atoms with Crippen molar-refractivity contribution in [3.8, 4) is 0 Å². The van der Waals surface area contributed by atoms with Crippen molar-refractivity contribution in [1.29, 1.82) is 0 Å². The SMILES string of the molecule is O=C(Nc1cccc(C(=O)N2CCc3[nH]c4c(Br)cccc4c3C2)c1)C1CCCO1. The molecule has 7 heteroatoms. The number of anilines is 1. The molecule has 1 fully saturated rings. The molecular formula is C23H22BrN3O3. The van der Waals surface area contributed by atoms with Crippen molar-refractivity contribution in [1.82, 2.24) is 9.88 Å². The van der Waals surface area contributed by atoms with Crippen molar-refractivity contribution in [2.45, 2.75) is 31.9 Å². The predicted molar refractivity (Wildman–Crippen MR) is 118 cm³/mol. The Balaban J connectivity index is 1.35. The van der Waals surface area contributed by atoms with Gasteiger partial charge in [-0.1, -0.05) is 18.2 Å². The van der Waals surface area contributed by atoms with Gasteiger partial charge in [0.15, 0.2) is 0 Å². The molecule has 2 aliphatic rings. The first-order chi connectivity index (χ1) is 14.6. The first-order valence-electron chi connectivity index (χ1n) is 10.2. The minimum Gasteiger partial charge on any atom is -0.368 e. The molecule has 2 N–H and O–H groups in total.